The van der Waals surface area contributed by atoms with Gasteiger partial charge in [0, 0.05) is 30.8 Å². The lowest BCUT2D eigenvalue weighted by Crippen LogP contribution is -2.41. The summed E-state index contributed by atoms with van der Waals surface area (Å²) in [5, 5.41) is 15.8. The SMILES string of the molecule is Cc1ccccc1C(CC(N=O)c1ccc(=O)n(C)c1)c1ccc(C(=O)NC(CO)C(C)C)cc1. The number of nitrogens with one attached hydrogen (secondary N) is 1. The number of carbonyl (C=O) groups is 1. The molecule has 0 aliphatic carbocycles. The van der Waals surface area contributed by atoms with Gasteiger partial charge in [-0.1, -0.05) is 55.4 Å². The molecule has 1 amide bonds. The first kappa shape index (κ1) is 26.0. The number of aliphatic hydroxyl groups is 1. The van der Waals surface area contributed by atoms with Crippen molar-refractivity contribution in [2.75, 3.05) is 6.61 Å². The lowest BCUT2D eigenvalue weighted by molar-refractivity contribution is 0.0897. The fraction of sp³-hybridized carbons (Fsp3) is 0.357. The normalized spacial score (nSPS) is 13.8. The van der Waals surface area contributed by atoms with Crippen LogP contribution in [0.3, 0.4) is 0 Å². The maximum absolute atomic E-state index is 12.7. The van der Waals surface area contributed by atoms with Crippen LogP contribution >= 0.6 is 0 Å². The van der Waals surface area contributed by atoms with Crippen LogP contribution < -0.4 is 10.9 Å². The number of pyridine rings is 1. The first-order chi connectivity index (χ1) is 16.7. The Kier molecular flexibility index (Phi) is 8.71. The third-order valence-electron chi connectivity index (χ3n) is 6.54. The van der Waals surface area contributed by atoms with Crippen LogP contribution in [0.4, 0.5) is 0 Å². The van der Waals surface area contributed by atoms with E-state index in [1.807, 2.05) is 57.2 Å². The van der Waals surface area contributed by atoms with Gasteiger partial charge in [-0.3, -0.25) is 9.59 Å². The first-order valence-corrected chi connectivity index (χ1v) is 11.8. The number of amides is 1. The number of carbonyl (C=O) groups excluding carboxylic acids is 1. The molecule has 0 bridgehead atoms. The minimum atomic E-state index is -0.647. The monoisotopic (exact) mass is 475 g/mol. The van der Waals surface area contributed by atoms with Crippen molar-refractivity contribution >= 4 is 5.91 Å². The van der Waals surface area contributed by atoms with Gasteiger partial charge in [0.1, 0.15) is 6.04 Å². The molecule has 35 heavy (non-hydrogen) atoms. The van der Waals surface area contributed by atoms with Crippen LogP contribution in [0.1, 0.15) is 64.8 Å². The molecule has 3 aromatic rings. The van der Waals surface area contributed by atoms with Gasteiger partial charge in [0.2, 0.25) is 5.56 Å². The highest BCUT2D eigenvalue weighted by atomic mass is 16.3. The number of hydrogen-bond acceptors (Lipinski definition) is 5. The van der Waals surface area contributed by atoms with E-state index in [9.17, 15) is 19.6 Å². The molecule has 0 saturated heterocycles. The van der Waals surface area contributed by atoms with E-state index in [1.54, 1.807) is 31.4 Å². The van der Waals surface area contributed by atoms with Crippen molar-refractivity contribution in [2.24, 2.45) is 18.1 Å². The van der Waals surface area contributed by atoms with Crippen molar-refractivity contribution in [3.8, 4) is 0 Å². The molecule has 0 saturated carbocycles. The molecule has 2 N–H and O–H groups in total. The molecule has 0 fully saturated rings. The third-order valence-corrected chi connectivity index (χ3v) is 6.54. The Morgan fingerprint density at radius 3 is 2.26 bits per heavy atom. The number of hydrogen-bond donors (Lipinski definition) is 2. The number of rotatable bonds is 10. The molecule has 0 aliphatic heterocycles. The van der Waals surface area contributed by atoms with E-state index in [1.165, 1.54) is 10.6 Å². The van der Waals surface area contributed by atoms with E-state index in [2.05, 4.69) is 10.5 Å². The lowest BCUT2D eigenvalue weighted by Gasteiger charge is -2.23. The van der Waals surface area contributed by atoms with E-state index in [0.717, 1.165) is 16.7 Å². The number of aromatic nitrogens is 1. The number of benzene rings is 2. The van der Waals surface area contributed by atoms with E-state index in [-0.39, 0.29) is 36.0 Å². The Labute approximate surface area is 205 Å². The largest absolute Gasteiger partial charge is 0.394 e. The van der Waals surface area contributed by atoms with Gasteiger partial charge in [-0.15, -0.1) is 0 Å². The van der Waals surface area contributed by atoms with E-state index < -0.39 is 6.04 Å². The number of nitrogens with zero attached hydrogens (tertiary/aromatic N) is 2. The second-order valence-electron chi connectivity index (χ2n) is 9.31. The molecular formula is C28H33N3O4. The van der Waals surface area contributed by atoms with E-state index in [0.29, 0.717) is 17.5 Å². The summed E-state index contributed by atoms with van der Waals surface area (Å²) in [7, 11) is 1.65. The maximum atomic E-state index is 12.7. The Morgan fingerprint density at radius 1 is 1.03 bits per heavy atom. The van der Waals surface area contributed by atoms with Gasteiger partial charge < -0.3 is 15.0 Å². The predicted molar refractivity (Wildman–Crippen MR) is 137 cm³/mol. The van der Waals surface area contributed by atoms with Crippen LogP contribution in [0.15, 0.2) is 76.8 Å². The molecule has 7 nitrogen and oxygen atoms in total. The summed E-state index contributed by atoms with van der Waals surface area (Å²) in [5.74, 6) is -0.276. The van der Waals surface area contributed by atoms with Gasteiger partial charge in [0.25, 0.3) is 5.91 Å². The molecule has 0 spiro atoms. The lowest BCUT2D eigenvalue weighted by atomic mass is 9.82. The highest BCUT2D eigenvalue weighted by molar-refractivity contribution is 5.94. The van der Waals surface area contributed by atoms with Crippen LogP contribution in [0.5, 0.6) is 0 Å². The van der Waals surface area contributed by atoms with Gasteiger partial charge in [-0.2, -0.15) is 4.91 Å². The summed E-state index contributed by atoms with van der Waals surface area (Å²) in [5.41, 5.74) is 4.15. The second kappa shape index (κ2) is 11.7. The first-order valence-electron chi connectivity index (χ1n) is 11.8. The summed E-state index contributed by atoms with van der Waals surface area (Å²) in [6.45, 7) is 5.79. The second-order valence-corrected chi connectivity index (χ2v) is 9.31. The molecule has 3 unspecified atom stereocenters. The number of nitroso groups, excluding NO2 is 1. The minimum Gasteiger partial charge on any atom is -0.394 e. The Balaban J connectivity index is 1.94. The van der Waals surface area contributed by atoms with Crippen LogP contribution in [-0.2, 0) is 7.05 Å². The Hall–Kier alpha value is -3.58. The zero-order valence-electron chi connectivity index (χ0n) is 20.6. The van der Waals surface area contributed by atoms with Gasteiger partial charge in [0.15, 0.2) is 0 Å². The van der Waals surface area contributed by atoms with Crippen LogP contribution in [0.25, 0.3) is 0 Å². The van der Waals surface area contributed by atoms with Crippen molar-refractivity contribution in [1.82, 2.24) is 9.88 Å². The van der Waals surface area contributed by atoms with Gasteiger partial charge in [-0.25, -0.2) is 0 Å². The van der Waals surface area contributed by atoms with Gasteiger partial charge in [-0.05, 0) is 59.7 Å². The average Bonchev–Trinajstić information content (AvgIpc) is 2.85. The van der Waals surface area contributed by atoms with Crippen LogP contribution in [-0.4, -0.2) is 28.2 Å². The summed E-state index contributed by atoms with van der Waals surface area (Å²) in [6, 6.07) is 17.5. The predicted octanol–water partition coefficient (Wildman–Crippen LogP) is 4.47. The molecule has 3 atom stereocenters. The van der Waals surface area contributed by atoms with E-state index in [4.69, 9.17) is 0 Å². The van der Waals surface area contributed by atoms with Crippen molar-refractivity contribution < 1.29 is 9.90 Å². The summed E-state index contributed by atoms with van der Waals surface area (Å²) >= 11 is 0. The number of aliphatic hydroxyl groups excluding tert-OH is 1. The fourth-order valence-corrected chi connectivity index (χ4v) is 4.24. The smallest absolute Gasteiger partial charge is 0.251 e. The highest BCUT2D eigenvalue weighted by Crippen LogP contribution is 2.37. The van der Waals surface area contributed by atoms with E-state index >= 15 is 0 Å². The topological polar surface area (TPSA) is 101 Å². The molecule has 0 aliphatic rings. The average molecular weight is 476 g/mol. The standard InChI is InChI=1S/C28H33N3O4/c1-18(2)26(17-32)29-28(34)21-11-9-20(10-12-21)24(23-8-6-5-7-19(23)3)15-25(30-35)22-13-14-27(33)31(4)16-22/h5-14,16,18,24-26,32H,15,17H2,1-4H3,(H,29,34). The van der Waals surface area contributed by atoms with Crippen molar-refractivity contribution in [2.45, 2.75) is 45.2 Å². The zero-order valence-corrected chi connectivity index (χ0v) is 20.6. The quantitative estimate of drug-likeness (QED) is 0.423. The van der Waals surface area contributed by atoms with Crippen molar-refractivity contribution in [3.63, 3.8) is 0 Å². The Morgan fingerprint density at radius 2 is 1.69 bits per heavy atom. The summed E-state index contributed by atoms with van der Waals surface area (Å²) < 4.78 is 1.44. The maximum Gasteiger partial charge on any atom is 0.251 e. The van der Waals surface area contributed by atoms with Gasteiger partial charge in [0.05, 0.1) is 12.6 Å². The highest BCUT2D eigenvalue weighted by Gasteiger charge is 2.24. The van der Waals surface area contributed by atoms with Crippen molar-refractivity contribution in [1.29, 1.82) is 0 Å². The van der Waals surface area contributed by atoms with Crippen molar-refractivity contribution in [3.05, 3.63) is 110 Å². The zero-order chi connectivity index (χ0) is 25.5. The van der Waals surface area contributed by atoms with Crippen LogP contribution in [0.2, 0.25) is 0 Å². The van der Waals surface area contributed by atoms with Crippen LogP contribution in [0, 0.1) is 17.7 Å². The molecule has 184 valence electrons. The molecular weight excluding hydrogens is 442 g/mol. The molecule has 2 aromatic carbocycles. The summed E-state index contributed by atoms with van der Waals surface area (Å²) in [6.07, 6.45) is 2.07. The third kappa shape index (κ3) is 6.31. The summed E-state index contributed by atoms with van der Waals surface area (Å²) in [4.78, 5) is 36.4. The molecule has 3 rings (SSSR count). The Bertz CT molecular complexity index is 1220. The molecule has 1 heterocycles. The fourth-order valence-electron chi connectivity index (χ4n) is 4.24. The minimum absolute atomic E-state index is 0.110. The molecule has 7 heteroatoms. The molecule has 1 aromatic heterocycles. The molecule has 0 radical (unpaired) electrons. The van der Waals surface area contributed by atoms with Gasteiger partial charge >= 0.3 is 0 Å². The number of aryl methyl sites for hydroxylation is 2.